The second kappa shape index (κ2) is 5.15. The summed E-state index contributed by atoms with van der Waals surface area (Å²) in [5.74, 6) is 0. The summed E-state index contributed by atoms with van der Waals surface area (Å²) in [5, 5.41) is 13.0. The average molecular weight is 348 g/mol. The van der Waals surface area contributed by atoms with Gasteiger partial charge in [0.1, 0.15) is 22.4 Å². The molecule has 5 aromatic heterocycles. The Balaban J connectivity index is 1.80. The first-order valence-corrected chi connectivity index (χ1v) is 8.52. The number of hydrogen-bond acceptors (Lipinski definition) is 7. The first-order valence-electron chi connectivity index (χ1n) is 7.64. The lowest BCUT2D eigenvalue weighted by molar-refractivity contribution is 0.663. The minimum absolute atomic E-state index is 0.590. The van der Waals surface area contributed by atoms with Gasteiger partial charge in [-0.05, 0) is 31.2 Å². The van der Waals surface area contributed by atoms with Gasteiger partial charge >= 0.3 is 0 Å². The highest BCUT2D eigenvalue weighted by Crippen LogP contribution is 2.32. The quantitative estimate of drug-likeness (QED) is 0.487. The van der Waals surface area contributed by atoms with Crippen LogP contribution in [0.5, 0.6) is 0 Å². The molecule has 0 aliphatic rings. The predicted octanol–water partition coefficient (Wildman–Crippen LogP) is 2.50. The molecule has 0 bridgehead atoms. The number of nitrogens with zero attached hydrogens (tertiary/aromatic N) is 8. The van der Waals surface area contributed by atoms with Crippen molar-refractivity contribution in [2.75, 3.05) is 0 Å². The Labute approximate surface area is 145 Å². The van der Waals surface area contributed by atoms with Crippen LogP contribution >= 0.6 is 11.3 Å². The van der Waals surface area contributed by atoms with E-state index in [-0.39, 0.29) is 0 Å². The summed E-state index contributed by atoms with van der Waals surface area (Å²) in [6, 6.07) is 9.71. The molecule has 8 nitrogen and oxygen atoms in total. The normalized spacial score (nSPS) is 11.6. The highest BCUT2D eigenvalue weighted by atomic mass is 32.1. The maximum Gasteiger partial charge on any atom is 0.213 e. The van der Waals surface area contributed by atoms with Gasteiger partial charge in [0.05, 0.1) is 11.4 Å². The van der Waals surface area contributed by atoms with Crippen LogP contribution in [0.3, 0.4) is 0 Å². The monoisotopic (exact) mass is 348 g/mol. The zero-order valence-electron chi connectivity index (χ0n) is 13.5. The summed E-state index contributed by atoms with van der Waals surface area (Å²) < 4.78 is 1.81. The van der Waals surface area contributed by atoms with Crippen molar-refractivity contribution < 1.29 is 0 Å². The topological polar surface area (TPSA) is 86.7 Å². The Hall–Kier alpha value is -3.20. The van der Waals surface area contributed by atoms with Gasteiger partial charge in [-0.2, -0.15) is 15.0 Å². The van der Waals surface area contributed by atoms with Crippen molar-refractivity contribution in [1.82, 2.24) is 39.6 Å². The minimum atomic E-state index is 0.590. The standard InChI is InChI=1S/C16H12N8S/c1-9-4-3-5-11(18-9)14-13(20-16-24(14)17-8-25-16)10-6-7-12-15(19-10)22-23(2)21-12/h3-8H,1-2H3. The third-order valence-corrected chi connectivity index (χ3v) is 4.54. The van der Waals surface area contributed by atoms with E-state index in [1.54, 1.807) is 12.6 Å². The lowest BCUT2D eigenvalue weighted by atomic mass is 10.1. The van der Waals surface area contributed by atoms with Crippen LogP contribution in [0.25, 0.3) is 38.9 Å². The fourth-order valence-electron chi connectivity index (χ4n) is 2.82. The molecule has 0 spiro atoms. The van der Waals surface area contributed by atoms with E-state index in [4.69, 9.17) is 4.98 Å². The molecule has 0 atom stereocenters. The number of aryl methyl sites for hydroxylation is 2. The number of aromatic nitrogens is 8. The van der Waals surface area contributed by atoms with E-state index in [9.17, 15) is 0 Å². The molecule has 25 heavy (non-hydrogen) atoms. The van der Waals surface area contributed by atoms with E-state index in [1.807, 2.05) is 41.8 Å². The Morgan fingerprint density at radius 3 is 2.76 bits per heavy atom. The summed E-state index contributed by atoms with van der Waals surface area (Å²) >= 11 is 1.48. The zero-order valence-corrected chi connectivity index (χ0v) is 14.3. The second-order valence-electron chi connectivity index (χ2n) is 5.64. The molecule has 5 rings (SSSR count). The van der Waals surface area contributed by atoms with Crippen molar-refractivity contribution in [3.8, 4) is 22.8 Å². The van der Waals surface area contributed by atoms with E-state index in [2.05, 4.69) is 25.3 Å². The molecular formula is C16H12N8S. The van der Waals surface area contributed by atoms with Crippen LogP contribution in [0.2, 0.25) is 0 Å². The van der Waals surface area contributed by atoms with E-state index >= 15 is 0 Å². The molecule has 0 aliphatic heterocycles. The van der Waals surface area contributed by atoms with Crippen molar-refractivity contribution in [1.29, 1.82) is 0 Å². The van der Waals surface area contributed by atoms with Gasteiger partial charge in [-0.25, -0.2) is 14.5 Å². The van der Waals surface area contributed by atoms with Gasteiger partial charge in [-0.15, -0.1) is 5.10 Å². The highest BCUT2D eigenvalue weighted by Gasteiger charge is 2.20. The smallest absolute Gasteiger partial charge is 0.213 e. The molecule has 122 valence electrons. The molecular weight excluding hydrogens is 336 g/mol. The van der Waals surface area contributed by atoms with Crippen LogP contribution in [0.1, 0.15) is 5.69 Å². The molecule has 0 N–H and O–H groups in total. The van der Waals surface area contributed by atoms with Gasteiger partial charge in [-0.1, -0.05) is 17.4 Å². The average Bonchev–Trinajstić information content (AvgIpc) is 3.26. The Morgan fingerprint density at radius 2 is 1.88 bits per heavy atom. The van der Waals surface area contributed by atoms with Crippen LogP contribution in [-0.2, 0) is 7.05 Å². The molecule has 5 aromatic rings. The Bertz CT molecular complexity index is 1230. The Kier molecular flexibility index (Phi) is 2.92. The van der Waals surface area contributed by atoms with Crippen LogP contribution in [0.15, 0.2) is 35.8 Å². The van der Waals surface area contributed by atoms with Gasteiger partial charge in [-0.3, -0.25) is 4.98 Å². The van der Waals surface area contributed by atoms with Crippen molar-refractivity contribution in [2.45, 2.75) is 6.92 Å². The van der Waals surface area contributed by atoms with E-state index in [1.165, 1.54) is 16.1 Å². The zero-order chi connectivity index (χ0) is 17.0. The molecule has 0 amide bonds. The molecule has 0 fully saturated rings. The number of fused-ring (bicyclic) bond motifs is 2. The van der Waals surface area contributed by atoms with Gasteiger partial charge in [0.2, 0.25) is 10.6 Å². The first kappa shape index (κ1) is 14.2. The molecule has 0 aliphatic carbocycles. The fraction of sp³-hybridized carbons (Fsp3) is 0.125. The molecule has 9 heteroatoms. The molecule has 0 unspecified atom stereocenters. The van der Waals surface area contributed by atoms with Crippen molar-refractivity contribution >= 4 is 27.5 Å². The summed E-state index contributed by atoms with van der Waals surface area (Å²) in [4.78, 5) is 16.3. The summed E-state index contributed by atoms with van der Waals surface area (Å²) in [5.41, 5.74) is 7.16. The summed E-state index contributed by atoms with van der Waals surface area (Å²) in [6.07, 6.45) is 0. The van der Waals surface area contributed by atoms with E-state index in [0.29, 0.717) is 5.65 Å². The van der Waals surface area contributed by atoms with E-state index in [0.717, 1.165) is 38.9 Å². The third kappa shape index (κ3) is 2.20. The van der Waals surface area contributed by atoms with Gasteiger partial charge in [0.25, 0.3) is 0 Å². The fourth-order valence-corrected chi connectivity index (χ4v) is 3.43. The number of imidazole rings is 1. The van der Waals surface area contributed by atoms with Crippen molar-refractivity contribution in [3.63, 3.8) is 0 Å². The lowest BCUT2D eigenvalue weighted by Gasteiger charge is -2.03. The van der Waals surface area contributed by atoms with Gasteiger partial charge in [0.15, 0.2) is 0 Å². The summed E-state index contributed by atoms with van der Waals surface area (Å²) in [7, 11) is 1.78. The largest absolute Gasteiger partial charge is 0.251 e. The van der Waals surface area contributed by atoms with Crippen LogP contribution in [0, 0.1) is 6.92 Å². The van der Waals surface area contributed by atoms with E-state index < -0.39 is 0 Å². The first-order chi connectivity index (χ1) is 12.2. The molecule has 0 saturated heterocycles. The van der Waals surface area contributed by atoms with Gasteiger partial charge < -0.3 is 0 Å². The van der Waals surface area contributed by atoms with Crippen molar-refractivity contribution in [2.24, 2.45) is 7.05 Å². The second-order valence-corrected chi connectivity index (χ2v) is 6.45. The maximum atomic E-state index is 4.72. The molecule has 0 aromatic carbocycles. The number of pyridine rings is 2. The molecule has 5 heterocycles. The van der Waals surface area contributed by atoms with Crippen LogP contribution < -0.4 is 0 Å². The van der Waals surface area contributed by atoms with Crippen LogP contribution in [0.4, 0.5) is 0 Å². The molecule has 0 saturated carbocycles. The number of hydrogen-bond donors (Lipinski definition) is 0. The highest BCUT2D eigenvalue weighted by molar-refractivity contribution is 7.14. The third-order valence-electron chi connectivity index (χ3n) is 3.87. The van der Waals surface area contributed by atoms with Crippen molar-refractivity contribution in [3.05, 3.63) is 41.5 Å². The lowest BCUT2D eigenvalue weighted by Crippen LogP contribution is -1.95. The van der Waals surface area contributed by atoms with Gasteiger partial charge in [0, 0.05) is 12.7 Å². The van der Waals surface area contributed by atoms with Crippen LogP contribution in [-0.4, -0.2) is 39.6 Å². The predicted molar refractivity (Wildman–Crippen MR) is 94.1 cm³/mol. The number of rotatable bonds is 2. The summed E-state index contributed by atoms with van der Waals surface area (Å²) in [6.45, 7) is 1.96. The molecule has 0 radical (unpaired) electrons. The Morgan fingerprint density at radius 1 is 0.960 bits per heavy atom. The SMILES string of the molecule is Cc1cccc(-c2c(-c3ccc4nn(C)nc4n3)nc3scnn23)n1. The minimum Gasteiger partial charge on any atom is -0.251 e. The maximum absolute atomic E-state index is 4.72.